The zero-order chi connectivity index (χ0) is 17.8. The van der Waals surface area contributed by atoms with E-state index in [1.807, 2.05) is 7.05 Å². The summed E-state index contributed by atoms with van der Waals surface area (Å²) in [5, 5.41) is 6.83. The Kier molecular flexibility index (Phi) is 11.0. The minimum absolute atomic E-state index is 0.306. The summed E-state index contributed by atoms with van der Waals surface area (Å²) in [5.41, 5.74) is 0. The minimum atomic E-state index is 0.306. The molecule has 2 atom stereocenters. The molecule has 6 nitrogen and oxygen atoms in total. The van der Waals surface area contributed by atoms with Crippen molar-refractivity contribution >= 4 is 5.96 Å². The first-order chi connectivity index (χ1) is 11.6. The van der Waals surface area contributed by atoms with Gasteiger partial charge in [0.2, 0.25) is 0 Å². The Hall–Kier alpha value is -0.850. The second kappa shape index (κ2) is 12.5. The van der Waals surface area contributed by atoms with Crippen LogP contribution in [0.4, 0.5) is 0 Å². The largest absolute Gasteiger partial charge is 0.379 e. The highest BCUT2D eigenvalue weighted by atomic mass is 16.5. The standard InChI is InChI=1S/C18H38N4O2/c1-6-24-17(15(2)3)7-8-20-18(19-5)21-13-16(4)14-22-9-11-23-12-10-22/h15-17H,6-14H2,1-5H3,(H2,19,20,21). The summed E-state index contributed by atoms with van der Waals surface area (Å²) in [5.74, 6) is 1.99. The van der Waals surface area contributed by atoms with Gasteiger partial charge in [0.15, 0.2) is 5.96 Å². The van der Waals surface area contributed by atoms with E-state index < -0.39 is 0 Å². The van der Waals surface area contributed by atoms with E-state index in [1.165, 1.54) is 0 Å². The van der Waals surface area contributed by atoms with Crippen LogP contribution in [0.2, 0.25) is 0 Å². The number of guanidine groups is 1. The van der Waals surface area contributed by atoms with Gasteiger partial charge in [0, 0.05) is 46.4 Å². The van der Waals surface area contributed by atoms with Crippen molar-refractivity contribution in [3.05, 3.63) is 0 Å². The van der Waals surface area contributed by atoms with Gasteiger partial charge in [-0.15, -0.1) is 0 Å². The van der Waals surface area contributed by atoms with Gasteiger partial charge >= 0.3 is 0 Å². The fourth-order valence-electron chi connectivity index (χ4n) is 2.94. The Balaban J connectivity index is 2.21. The van der Waals surface area contributed by atoms with E-state index in [2.05, 4.69) is 48.2 Å². The lowest BCUT2D eigenvalue weighted by molar-refractivity contribution is 0.0258. The molecule has 0 aliphatic carbocycles. The molecule has 1 rings (SSSR count). The lowest BCUT2D eigenvalue weighted by Crippen LogP contribution is -2.44. The Morgan fingerprint density at radius 1 is 1.21 bits per heavy atom. The van der Waals surface area contributed by atoms with Crippen molar-refractivity contribution in [1.82, 2.24) is 15.5 Å². The molecule has 6 heteroatoms. The molecule has 0 bridgehead atoms. The molecular weight excluding hydrogens is 304 g/mol. The van der Waals surface area contributed by atoms with Crippen LogP contribution in [-0.2, 0) is 9.47 Å². The van der Waals surface area contributed by atoms with Crippen LogP contribution in [-0.4, -0.2) is 76.6 Å². The average Bonchev–Trinajstić information content (AvgIpc) is 2.57. The lowest BCUT2D eigenvalue weighted by Gasteiger charge is -2.29. The number of morpholine rings is 1. The van der Waals surface area contributed by atoms with Gasteiger partial charge in [0.1, 0.15) is 0 Å². The van der Waals surface area contributed by atoms with Gasteiger partial charge in [-0.05, 0) is 25.2 Å². The third-order valence-electron chi connectivity index (χ3n) is 4.36. The Labute approximate surface area is 148 Å². The summed E-state index contributed by atoms with van der Waals surface area (Å²) in [6.07, 6.45) is 1.30. The van der Waals surface area contributed by atoms with Crippen molar-refractivity contribution in [2.45, 2.75) is 40.2 Å². The molecule has 0 aromatic rings. The number of aliphatic imine (C=N–C) groups is 1. The number of nitrogens with zero attached hydrogens (tertiary/aromatic N) is 2. The number of hydrogen-bond donors (Lipinski definition) is 2. The van der Waals surface area contributed by atoms with Gasteiger partial charge in [-0.2, -0.15) is 0 Å². The number of ether oxygens (including phenoxy) is 2. The van der Waals surface area contributed by atoms with Crippen molar-refractivity contribution in [2.75, 3.05) is 59.6 Å². The van der Waals surface area contributed by atoms with Gasteiger partial charge in [-0.25, -0.2) is 0 Å². The molecule has 0 saturated carbocycles. The van der Waals surface area contributed by atoms with Gasteiger partial charge in [-0.1, -0.05) is 20.8 Å². The maximum Gasteiger partial charge on any atom is 0.190 e. The molecule has 0 radical (unpaired) electrons. The van der Waals surface area contributed by atoms with Crippen molar-refractivity contribution in [3.63, 3.8) is 0 Å². The monoisotopic (exact) mass is 342 g/mol. The fraction of sp³-hybridized carbons (Fsp3) is 0.944. The summed E-state index contributed by atoms with van der Waals surface area (Å²) in [6.45, 7) is 16.2. The van der Waals surface area contributed by atoms with Crippen molar-refractivity contribution in [1.29, 1.82) is 0 Å². The molecule has 1 aliphatic rings. The number of hydrogen-bond acceptors (Lipinski definition) is 4. The van der Waals surface area contributed by atoms with E-state index in [0.29, 0.717) is 17.9 Å². The summed E-state index contributed by atoms with van der Waals surface area (Å²) in [6, 6.07) is 0. The Morgan fingerprint density at radius 3 is 2.50 bits per heavy atom. The molecule has 2 unspecified atom stereocenters. The summed E-state index contributed by atoms with van der Waals surface area (Å²) in [4.78, 5) is 6.79. The third kappa shape index (κ3) is 8.85. The molecular formula is C18H38N4O2. The lowest BCUT2D eigenvalue weighted by atomic mass is 10.0. The Morgan fingerprint density at radius 2 is 1.92 bits per heavy atom. The predicted molar refractivity (Wildman–Crippen MR) is 101 cm³/mol. The minimum Gasteiger partial charge on any atom is -0.379 e. The van der Waals surface area contributed by atoms with Crippen LogP contribution in [0.15, 0.2) is 4.99 Å². The van der Waals surface area contributed by atoms with E-state index in [9.17, 15) is 0 Å². The van der Waals surface area contributed by atoms with Crippen LogP contribution in [0.3, 0.4) is 0 Å². The molecule has 0 amide bonds. The zero-order valence-corrected chi connectivity index (χ0v) is 16.3. The van der Waals surface area contributed by atoms with E-state index >= 15 is 0 Å². The van der Waals surface area contributed by atoms with E-state index in [-0.39, 0.29) is 0 Å². The average molecular weight is 343 g/mol. The number of nitrogens with one attached hydrogen (secondary N) is 2. The van der Waals surface area contributed by atoms with Crippen LogP contribution < -0.4 is 10.6 Å². The molecule has 2 N–H and O–H groups in total. The van der Waals surface area contributed by atoms with Crippen LogP contribution in [0, 0.1) is 11.8 Å². The highest BCUT2D eigenvalue weighted by Gasteiger charge is 2.15. The molecule has 1 aliphatic heterocycles. The van der Waals surface area contributed by atoms with Crippen LogP contribution in [0.1, 0.15) is 34.1 Å². The normalized spacial score (nSPS) is 19.3. The van der Waals surface area contributed by atoms with E-state index in [1.54, 1.807) is 0 Å². The van der Waals surface area contributed by atoms with Crippen LogP contribution >= 0.6 is 0 Å². The maximum absolute atomic E-state index is 5.79. The topological polar surface area (TPSA) is 58.1 Å². The molecule has 1 saturated heterocycles. The smallest absolute Gasteiger partial charge is 0.190 e. The van der Waals surface area contributed by atoms with Gasteiger partial charge < -0.3 is 20.1 Å². The van der Waals surface area contributed by atoms with E-state index in [4.69, 9.17) is 9.47 Å². The summed E-state index contributed by atoms with van der Waals surface area (Å²) in [7, 11) is 1.82. The second-order valence-electron chi connectivity index (χ2n) is 6.92. The highest BCUT2D eigenvalue weighted by molar-refractivity contribution is 5.79. The van der Waals surface area contributed by atoms with Gasteiger partial charge in [-0.3, -0.25) is 9.89 Å². The number of rotatable bonds is 10. The highest BCUT2D eigenvalue weighted by Crippen LogP contribution is 2.09. The molecule has 0 spiro atoms. The maximum atomic E-state index is 5.79. The first kappa shape index (κ1) is 21.2. The third-order valence-corrected chi connectivity index (χ3v) is 4.36. The summed E-state index contributed by atoms with van der Waals surface area (Å²) < 4.78 is 11.2. The SMILES string of the molecule is CCOC(CCNC(=NC)NCC(C)CN1CCOCC1)C(C)C. The molecule has 1 fully saturated rings. The molecule has 142 valence electrons. The summed E-state index contributed by atoms with van der Waals surface area (Å²) >= 11 is 0. The van der Waals surface area contributed by atoms with E-state index in [0.717, 1.165) is 64.9 Å². The molecule has 24 heavy (non-hydrogen) atoms. The molecule has 0 aromatic heterocycles. The quantitative estimate of drug-likeness (QED) is 0.466. The van der Waals surface area contributed by atoms with Crippen molar-refractivity contribution < 1.29 is 9.47 Å². The Bertz CT molecular complexity index is 344. The second-order valence-corrected chi connectivity index (χ2v) is 6.92. The molecule has 0 aromatic carbocycles. The first-order valence-corrected chi connectivity index (χ1v) is 9.43. The van der Waals surface area contributed by atoms with Crippen molar-refractivity contribution in [2.24, 2.45) is 16.8 Å². The van der Waals surface area contributed by atoms with Crippen LogP contribution in [0.25, 0.3) is 0 Å². The van der Waals surface area contributed by atoms with Crippen LogP contribution in [0.5, 0.6) is 0 Å². The van der Waals surface area contributed by atoms with Crippen molar-refractivity contribution in [3.8, 4) is 0 Å². The van der Waals surface area contributed by atoms with Gasteiger partial charge in [0.25, 0.3) is 0 Å². The van der Waals surface area contributed by atoms with Gasteiger partial charge in [0.05, 0.1) is 19.3 Å². The zero-order valence-electron chi connectivity index (χ0n) is 16.3. The predicted octanol–water partition coefficient (Wildman–Crippen LogP) is 1.57. The first-order valence-electron chi connectivity index (χ1n) is 9.43. The fourth-order valence-corrected chi connectivity index (χ4v) is 2.94. The molecule has 1 heterocycles.